The molecule has 2 rings (SSSR count). The van der Waals surface area contributed by atoms with E-state index in [1.807, 2.05) is 0 Å². The van der Waals surface area contributed by atoms with Crippen molar-refractivity contribution in [3.63, 3.8) is 0 Å². The number of hydrogen-bond acceptors (Lipinski definition) is 3. The van der Waals surface area contributed by atoms with Crippen LogP contribution in [-0.2, 0) is 11.0 Å². The molecular formula is C23H25Cl2F3N2O2. The SMILES string of the molecule is CCN(CC)CCOc1ccc(N(C)C(=O)/C=C/c2ccc(C(F)(F)F)cc2Cl)cc1Cl. The van der Waals surface area contributed by atoms with Crippen molar-refractivity contribution >= 4 is 40.9 Å². The van der Waals surface area contributed by atoms with Crippen molar-refractivity contribution < 1.29 is 22.7 Å². The first kappa shape index (κ1) is 26.0. The maximum absolute atomic E-state index is 12.7. The maximum atomic E-state index is 12.7. The molecule has 1 amide bonds. The second kappa shape index (κ2) is 11.6. The quantitative estimate of drug-likeness (QED) is 0.382. The molecule has 2 aromatic rings. The summed E-state index contributed by atoms with van der Waals surface area (Å²) in [7, 11) is 1.56. The second-order valence-electron chi connectivity index (χ2n) is 6.95. The van der Waals surface area contributed by atoms with Crippen molar-refractivity contribution in [1.82, 2.24) is 4.90 Å². The molecule has 0 saturated heterocycles. The third kappa shape index (κ3) is 7.15. The molecule has 0 fully saturated rings. The van der Waals surface area contributed by atoms with E-state index in [2.05, 4.69) is 18.7 Å². The molecular weight excluding hydrogens is 464 g/mol. The average molecular weight is 489 g/mol. The maximum Gasteiger partial charge on any atom is 0.416 e. The number of halogens is 5. The van der Waals surface area contributed by atoms with Gasteiger partial charge in [-0.15, -0.1) is 0 Å². The summed E-state index contributed by atoms with van der Waals surface area (Å²) in [4.78, 5) is 16.1. The summed E-state index contributed by atoms with van der Waals surface area (Å²) in [5.41, 5.74) is -0.00667. The Morgan fingerprint density at radius 2 is 1.75 bits per heavy atom. The molecule has 0 heterocycles. The van der Waals surface area contributed by atoms with Gasteiger partial charge in [0, 0.05) is 30.4 Å². The lowest BCUT2D eigenvalue weighted by Gasteiger charge is -2.19. The van der Waals surface area contributed by atoms with Crippen molar-refractivity contribution in [2.45, 2.75) is 20.0 Å². The molecule has 9 heteroatoms. The van der Waals surface area contributed by atoms with Gasteiger partial charge in [-0.05, 0) is 55.1 Å². The van der Waals surface area contributed by atoms with E-state index in [9.17, 15) is 18.0 Å². The number of nitrogens with zero attached hydrogens (tertiary/aromatic N) is 2. The number of alkyl halides is 3. The zero-order valence-electron chi connectivity index (χ0n) is 18.0. The minimum Gasteiger partial charge on any atom is -0.491 e. The summed E-state index contributed by atoms with van der Waals surface area (Å²) in [5, 5.41) is 0.275. The molecule has 32 heavy (non-hydrogen) atoms. The van der Waals surface area contributed by atoms with Gasteiger partial charge in [-0.25, -0.2) is 0 Å². The molecule has 2 aromatic carbocycles. The predicted octanol–water partition coefficient (Wildman–Crippen LogP) is 6.41. The number of ether oxygens (including phenoxy) is 1. The standard InChI is InChI=1S/C23H25Cl2F3N2O2/c1-4-30(5-2)12-13-32-21-10-9-18(15-20(21)25)29(3)22(31)11-7-16-6-8-17(14-19(16)24)23(26,27)28/h6-11,14-15H,4-5,12-13H2,1-3H3/b11-7+. The van der Waals surface area contributed by atoms with Crippen molar-refractivity contribution in [3.05, 3.63) is 63.6 Å². The summed E-state index contributed by atoms with van der Waals surface area (Å²) < 4.78 is 44.0. The highest BCUT2D eigenvalue weighted by atomic mass is 35.5. The first-order valence-electron chi connectivity index (χ1n) is 10.0. The summed E-state index contributed by atoms with van der Waals surface area (Å²) in [6.45, 7) is 7.30. The van der Waals surface area contributed by atoms with Crippen LogP contribution in [0, 0.1) is 0 Å². The lowest BCUT2D eigenvalue weighted by Crippen LogP contribution is -2.28. The summed E-state index contributed by atoms with van der Waals surface area (Å²) in [5.74, 6) is 0.128. The molecule has 0 radical (unpaired) electrons. The first-order valence-corrected chi connectivity index (χ1v) is 10.8. The van der Waals surface area contributed by atoms with E-state index >= 15 is 0 Å². The van der Waals surface area contributed by atoms with E-state index in [0.717, 1.165) is 31.8 Å². The van der Waals surface area contributed by atoms with E-state index in [0.29, 0.717) is 28.6 Å². The molecule has 0 aliphatic carbocycles. The zero-order chi connectivity index (χ0) is 23.9. The number of likely N-dealkylation sites (N-methyl/N-ethyl adjacent to an activating group) is 2. The van der Waals surface area contributed by atoms with Crippen molar-refractivity contribution in [1.29, 1.82) is 0 Å². The van der Waals surface area contributed by atoms with Crippen LogP contribution in [0.4, 0.5) is 18.9 Å². The van der Waals surface area contributed by atoms with E-state index in [1.165, 1.54) is 23.1 Å². The van der Waals surface area contributed by atoms with Crippen LogP contribution in [0.2, 0.25) is 10.0 Å². The van der Waals surface area contributed by atoms with Gasteiger partial charge in [0.05, 0.1) is 10.6 Å². The normalized spacial score (nSPS) is 11.9. The molecule has 0 saturated carbocycles. The minimum atomic E-state index is -4.48. The Labute approximate surface area is 196 Å². The van der Waals surface area contributed by atoms with Crippen LogP contribution in [0.1, 0.15) is 25.0 Å². The number of amides is 1. The molecule has 0 unspecified atom stereocenters. The molecule has 0 aliphatic heterocycles. The highest BCUT2D eigenvalue weighted by molar-refractivity contribution is 6.32. The topological polar surface area (TPSA) is 32.8 Å². The summed E-state index contributed by atoms with van der Waals surface area (Å²) in [6, 6.07) is 7.98. The lowest BCUT2D eigenvalue weighted by atomic mass is 10.1. The van der Waals surface area contributed by atoms with Gasteiger partial charge in [0.1, 0.15) is 12.4 Å². The Hall–Kier alpha value is -2.22. The fourth-order valence-electron chi connectivity index (χ4n) is 2.88. The highest BCUT2D eigenvalue weighted by Gasteiger charge is 2.30. The summed E-state index contributed by atoms with van der Waals surface area (Å²) >= 11 is 12.2. The second-order valence-corrected chi connectivity index (χ2v) is 7.77. The molecule has 0 spiro atoms. The summed E-state index contributed by atoms with van der Waals surface area (Å²) in [6.07, 6.45) is -1.88. The Kier molecular flexibility index (Phi) is 9.43. The predicted molar refractivity (Wildman–Crippen MR) is 124 cm³/mol. The van der Waals surface area contributed by atoms with Crippen LogP contribution >= 0.6 is 23.2 Å². The van der Waals surface area contributed by atoms with Gasteiger partial charge in [0.15, 0.2) is 0 Å². The fraction of sp³-hybridized carbons (Fsp3) is 0.348. The Morgan fingerprint density at radius 1 is 1.06 bits per heavy atom. The number of carbonyl (C=O) groups excluding carboxylic acids is 1. The van der Waals surface area contributed by atoms with Crippen molar-refractivity contribution in [3.8, 4) is 5.75 Å². The van der Waals surface area contributed by atoms with E-state index in [1.54, 1.807) is 25.2 Å². The van der Waals surface area contributed by atoms with Crippen LogP contribution in [0.3, 0.4) is 0 Å². The van der Waals surface area contributed by atoms with E-state index < -0.39 is 17.6 Å². The zero-order valence-corrected chi connectivity index (χ0v) is 19.6. The van der Waals surface area contributed by atoms with Crippen molar-refractivity contribution in [2.24, 2.45) is 0 Å². The molecule has 4 nitrogen and oxygen atoms in total. The van der Waals surface area contributed by atoms with E-state index in [4.69, 9.17) is 27.9 Å². The number of hydrogen-bond donors (Lipinski definition) is 0. The Balaban J connectivity index is 2.04. The van der Waals surface area contributed by atoms with Crippen LogP contribution in [-0.4, -0.2) is 44.1 Å². The van der Waals surface area contributed by atoms with Crippen molar-refractivity contribution in [2.75, 3.05) is 38.2 Å². The monoisotopic (exact) mass is 488 g/mol. The van der Waals surface area contributed by atoms with Gasteiger partial charge in [-0.3, -0.25) is 4.79 Å². The van der Waals surface area contributed by atoms with Gasteiger partial charge < -0.3 is 14.5 Å². The van der Waals surface area contributed by atoms with Gasteiger partial charge in [0.2, 0.25) is 0 Å². The molecule has 0 aliphatic rings. The van der Waals surface area contributed by atoms with Gasteiger partial charge in [-0.1, -0.05) is 43.1 Å². The number of benzene rings is 2. The molecule has 174 valence electrons. The molecule has 0 atom stereocenters. The fourth-order valence-corrected chi connectivity index (χ4v) is 3.35. The Morgan fingerprint density at radius 3 is 2.31 bits per heavy atom. The van der Waals surface area contributed by atoms with E-state index in [-0.39, 0.29) is 5.02 Å². The molecule has 0 aromatic heterocycles. The largest absolute Gasteiger partial charge is 0.491 e. The van der Waals surface area contributed by atoms with Gasteiger partial charge >= 0.3 is 6.18 Å². The third-order valence-corrected chi connectivity index (χ3v) is 5.55. The number of rotatable bonds is 9. The lowest BCUT2D eigenvalue weighted by molar-refractivity contribution is -0.137. The Bertz CT molecular complexity index is 961. The molecule has 0 N–H and O–H groups in total. The average Bonchev–Trinajstić information content (AvgIpc) is 2.75. The van der Waals surface area contributed by atoms with Gasteiger partial charge in [-0.2, -0.15) is 13.2 Å². The van der Waals surface area contributed by atoms with Crippen LogP contribution in [0.25, 0.3) is 6.08 Å². The molecule has 0 bridgehead atoms. The van der Waals surface area contributed by atoms with Crippen LogP contribution < -0.4 is 9.64 Å². The first-order chi connectivity index (χ1) is 15.1. The minimum absolute atomic E-state index is 0.0965. The van der Waals surface area contributed by atoms with Gasteiger partial charge in [0.25, 0.3) is 5.91 Å². The highest BCUT2D eigenvalue weighted by Crippen LogP contribution is 2.33. The van der Waals surface area contributed by atoms with Crippen LogP contribution in [0.5, 0.6) is 5.75 Å². The number of carbonyl (C=O) groups is 1. The smallest absolute Gasteiger partial charge is 0.416 e. The number of anilines is 1. The van der Waals surface area contributed by atoms with Crippen LogP contribution in [0.15, 0.2) is 42.5 Å². The third-order valence-electron chi connectivity index (χ3n) is 4.93.